The molecule has 0 aliphatic carbocycles. The van der Waals surface area contributed by atoms with E-state index in [0.29, 0.717) is 12.2 Å². The Balaban J connectivity index is 0. The van der Waals surface area contributed by atoms with Crippen LogP contribution in [-0.4, -0.2) is 41.2 Å². The molecule has 0 aromatic carbocycles. The molecule has 0 aliphatic rings. The van der Waals surface area contributed by atoms with Crippen molar-refractivity contribution in [2.24, 2.45) is 0 Å². The van der Waals surface area contributed by atoms with Crippen LogP contribution in [0, 0.1) is 0 Å². The third-order valence-corrected chi connectivity index (χ3v) is 2.33. The molecule has 1 radical (unpaired) electrons. The zero-order valence-corrected chi connectivity index (χ0v) is 11.3. The summed E-state index contributed by atoms with van der Waals surface area (Å²) in [5.74, 6) is -0.394. The Hall–Kier alpha value is -0.338. The molecule has 0 atom stereocenters. The molecule has 0 bridgehead atoms. The number of carbonyl (C=O) groups is 1. The van der Waals surface area contributed by atoms with Crippen LogP contribution in [-0.2, 0) is 17.1 Å². The highest BCUT2D eigenvalue weighted by molar-refractivity contribution is 6.18. The van der Waals surface area contributed by atoms with Crippen LogP contribution in [0.5, 0.6) is 0 Å². The summed E-state index contributed by atoms with van der Waals surface area (Å²) in [5, 5.41) is 0. The number of hydrogen-bond donors (Lipinski definition) is 0. The highest BCUT2D eigenvalue weighted by Gasteiger charge is 2.01. The average molecular weight is 231 g/mol. The van der Waals surface area contributed by atoms with Gasteiger partial charge in [-0.3, -0.25) is 0 Å². The largest absolute Gasteiger partial charge is 0.668 e. The van der Waals surface area contributed by atoms with E-state index in [-0.39, 0.29) is 15.9 Å². The highest BCUT2D eigenvalue weighted by Crippen LogP contribution is 1.89. The zero-order chi connectivity index (χ0) is 12.3. The number of methoxy groups -OCH3 is 1. The van der Waals surface area contributed by atoms with Gasteiger partial charge in [-0.2, -0.15) is 0 Å². The number of ether oxygens (including phenoxy) is 1. The molecule has 0 aromatic rings. The standard InChI is InChI=1S/C4H6O2.2C3H7O.Al/c1-3-4(5)6-2;2*1-3(2)4;/h3H,1H2,2H3;2*3H,1-2H3;/q;2*-1;+2. The van der Waals surface area contributed by atoms with Crippen molar-refractivity contribution in [3.63, 3.8) is 0 Å². The predicted octanol–water partition coefficient (Wildman–Crippen LogP) is 1.72. The van der Waals surface area contributed by atoms with E-state index in [1.807, 2.05) is 27.7 Å². The molecule has 0 spiro atoms. The molecule has 0 fully saturated rings. The summed E-state index contributed by atoms with van der Waals surface area (Å²) in [6.45, 7) is 11.2. The summed E-state index contributed by atoms with van der Waals surface area (Å²) < 4.78 is 14.6. The van der Waals surface area contributed by atoms with Crippen molar-refractivity contribution in [1.82, 2.24) is 0 Å². The molecule has 0 saturated carbocycles. The fourth-order valence-electron chi connectivity index (χ4n) is 0.338. The molecule has 0 rings (SSSR count). The minimum absolute atomic E-state index is 0.245. The topological polar surface area (TPSA) is 44.8 Å². The van der Waals surface area contributed by atoms with E-state index in [1.165, 1.54) is 7.11 Å². The molecular formula is C10H20AlO4. The maximum atomic E-state index is 9.84. The Kier molecular flexibility index (Phi) is 13.4. The fourth-order valence-corrected chi connectivity index (χ4v) is 0.846. The van der Waals surface area contributed by atoms with Gasteiger partial charge in [0, 0.05) is 18.3 Å². The summed E-state index contributed by atoms with van der Waals surface area (Å²) in [5.41, 5.74) is 0. The molecule has 0 aromatic heterocycles. The Morgan fingerprint density at radius 2 is 1.60 bits per heavy atom. The second-order valence-electron chi connectivity index (χ2n) is 3.19. The van der Waals surface area contributed by atoms with Crippen LogP contribution >= 0.6 is 0 Å². The first-order valence-corrected chi connectivity index (χ1v) is 5.71. The molecular weight excluding hydrogens is 211 g/mol. The molecule has 0 unspecified atom stereocenters. The maximum absolute atomic E-state index is 9.84. The van der Waals surface area contributed by atoms with Gasteiger partial charge in [-0.25, -0.2) is 4.79 Å². The number of esters is 1. The smallest absolute Gasteiger partial charge is 0.482 e. The third kappa shape index (κ3) is 19.9. The zero-order valence-electron chi connectivity index (χ0n) is 10.1. The predicted molar refractivity (Wildman–Crippen MR) is 60.4 cm³/mol. The fraction of sp³-hybridized carbons (Fsp3) is 0.700. The lowest BCUT2D eigenvalue weighted by atomic mass is 10.5. The Morgan fingerprint density at radius 3 is 1.73 bits per heavy atom. The monoisotopic (exact) mass is 231 g/mol. The lowest BCUT2D eigenvalue weighted by molar-refractivity contribution is -0.134. The van der Waals surface area contributed by atoms with E-state index in [2.05, 4.69) is 11.3 Å². The summed E-state index contributed by atoms with van der Waals surface area (Å²) in [7, 11) is 1.31. The van der Waals surface area contributed by atoms with Crippen LogP contribution in [0.25, 0.3) is 0 Å². The molecule has 4 nitrogen and oxygen atoms in total. The van der Waals surface area contributed by atoms with Crippen molar-refractivity contribution < 1.29 is 17.1 Å². The van der Waals surface area contributed by atoms with Gasteiger partial charge >= 0.3 is 21.9 Å². The molecule has 0 amide bonds. The Bertz CT molecular complexity index is 161. The molecule has 0 heterocycles. The first kappa shape index (κ1) is 17.1. The number of carbonyl (C=O) groups excluding carboxylic acids is 1. The van der Waals surface area contributed by atoms with E-state index in [0.717, 1.165) is 6.08 Å². The summed E-state index contributed by atoms with van der Waals surface area (Å²) >= 11 is -0.245. The second-order valence-corrected chi connectivity index (χ2v) is 3.93. The lowest BCUT2D eigenvalue weighted by Crippen LogP contribution is -2.14. The number of hydrogen-bond acceptors (Lipinski definition) is 4. The van der Waals surface area contributed by atoms with Crippen molar-refractivity contribution in [2.45, 2.75) is 39.9 Å². The molecule has 0 N–H and O–H groups in total. The second kappa shape index (κ2) is 11.7. The summed E-state index contributed by atoms with van der Waals surface area (Å²) in [4.78, 5) is 9.84. The maximum Gasteiger partial charge on any atom is 0.668 e. The Labute approximate surface area is 99.0 Å². The quantitative estimate of drug-likeness (QED) is 0.410. The van der Waals surface area contributed by atoms with Crippen molar-refractivity contribution in [2.75, 3.05) is 7.11 Å². The van der Waals surface area contributed by atoms with Crippen LogP contribution in [0.2, 0.25) is 0 Å². The van der Waals surface area contributed by atoms with Crippen molar-refractivity contribution in [3.8, 4) is 0 Å². The van der Waals surface area contributed by atoms with Gasteiger partial charge in [-0.05, 0) is 27.7 Å². The average Bonchev–Trinajstić information content (AvgIpc) is 2.16. The SMILES string of the molecule is C=CC(=O)OC.CC(C)[O][Al][O]C(C)C. The van der Waals surface area contributed by atoms with Gasteiger partial charge in [0.1, 0.15) is 0 Å². The first-order valence-electron chi connectivity index (χ1n) is 4.77. The van der Waals surface area contributed by atoms with Crippen LogP contribution < -0.4 is 0 Å². The van der Waals surface area contributed by atoms with E-state index < -0.39 is 5.97 Å². The van der Waals surface area contributed by atoms with Gasteiger partial charge in [0.05, 0.1) is 7.11 Å². The van der Waals surface area contributed by atoms with Gasteiger partial charge in [0.25, 0.3) is 0 Å². The number of rotatable bonds is 5. The van der Waals surface area contributed by atoms with Gasteiger partial charge in [-0.15, -0.1) is 0 Å². The van der Waals surface area contributed by atoms with Crippen molar-refractivity contribution >= 4 is 21.9 Å². The normalized spacial score (nSPS) is 9.27. The van der Waals surface area contributed by atoms with Gasteiger partial charge in [0.2, 0.25) is 0 Å². The van der Waals surface area contributed by atoms with E-state index in [9.17, 15) is 4.79 Å². The van der Waals surface area contributed by atoms with Gasteiger partial charge in [-0.1, -0.05) is 6.58 Å². The van der Waals surface area contributed by atoms with Gasteiger partial charge < -0.3 is 12.3 Å². The van der Waals surface area contributed by atoms with E-state index >= 15 is 0 Å². The van der Waals surface area contributed by atoms with Crippen LogP contribution in [0.4, 0.5) is 0 Å². The highest BCUT2D eigenvalue weighted by atomic mass is 27.2. The van der Waals surface area contributed by atoms with E-state index in [4.69, 9.17) is 7.58 Å². The van der Waals surface area contributed by atoms with E-state index in [1.54, 1.807) is 0 Å². The molecule has 15 heavy (non-hydrogen) atoms. The third-order valence-electron chi connectivity index (χ3n) is 1.02. The minimum Gasteiger partial charge on any atom is -0.482 e. The Morgan fingerprint density at radius 1 is 1.20 bits per heavy atom. The molecule has 0 aliphatic heterocycles. The first-order chi connectivity index (χ1) is 6.93. The lowest BCUT2D eigenvalue weighted by Gasteiger charge is -2.09. The van der Waals surface area contributed by atoms with Crippen molar-refractivity contribution in [3.05, 3.63) is 12.7 Å². The summed E-state index contributed by atoms with van der Waals surface area (Å²) in [6.07, 6.45) is 1.72. The molecule has 0 saturated heterocycles. The minimum atomic E-state index is -0.394. The molecule has 5 heteroatoms. The van der Waals surface area contributed by atoms with Crippen LogP contribution in [0.3, 0.4) is 0 Å². The van der Waals surface area contributed by atoms with Crippen LogP contribution in [0.15, 0.2) is 12.7 Å². The molecule has 87 valence electrons. The van der Waals surface area contributed by atoms with Gasteiger partial charge in [0.15, 0.2) is 0 Å². The van der Waals surface area contributed by atoms with Crippen molar-refractivity contribution in [1.29, 1.82) is 0 Å². The van der Waals surface area contributed by atoms with Crippen LogP contribution in [0.1, 0.15) is 27.7 Å². The summed E-state index contributed by atoms with van der Waals surface area (Å²) in [6, 6.07) is 0.